The second-order valence-corrected chi connectivity index (χ2v) is 9.02. The van der Waals surface area contributed by atoms with E-state index < -0.39 is 0 Å². The van der Waals surface area contributed by atoms with Crippen LogP contribution in [0.4, 0.5) is 0 Å². The summed E-state index contributed by atoms with van der Waals surface area (Å²) in [5, 5.41) is 7.03. The average Bonchev–Trinajstić information content (AvgIpc) is 2.57. The van der Waals surface area contributed by atoms with Crippen LogP contribution in [0.3, 0.4) is 0 Å². The van der Waals surface area contributed by atoms with Crippen molar-refractivity contribution in [3.05, 3.63) is 70.8 Å². The van der Waals surface area contributed by atoms with Gasteiger partial charge in [-0.15, -0.1) is 0 Å². The first-order valence-corrected chi connectivity index (χ1v) is 9.47. The molecule has 0 spiro atoms. The predicted molar refractivity (Wildman–Crippen MR) is 115 cm³/mol. The second kappa shape index (κ2) is 8.66. The number of nitrogens with one attached hydrogen (secondary N) is 2. The lowest BCUT2D eigenvalue weighted by molar-refractivity contribution is 0.424. The van der Waals surface area contributed by atoms with Gasteiger partial charge in [0.25, 0.3) is 0 Å². The van der Waals surface area contributed by atoms with Crippen LogP contribution in [0.2, 0.25) is 0 Å². The maximum absolute atomic E-state index is 3.52. The van der Waals surface area contributed by atoms with Gasteiger partial charge >= 0.3 is 0 Å². The molecule has 0 heterocycles. The molecule has 2 nitrogen and oxygen atoms in total. The van der Waals surface area contributed by atoms with Crippen LogP contribution in [0.15, 0.2) is 48.5 Å². The lowest BCUT2D eigenvalue weighted by Crippen LogP contribution is -2.35. The summed E-state index contributed by atoms with van der Waals surface area (Å²) in [6, 6.07) is 17.5. The standard InChI is InChI=1S/C24H34N2/c1-23(2,3)25-17-21-13-9-19(10-14-21)7-8-20-11-15-22(16-12-20)18-26-24(4,5)6/h7-16,25-26H,17-18H2,1-6H3/b8-7+. The Morgan fingerprint density at radius 3 is 1.15 bits per heavy atom. The van der Waals surface area contributed by atoms with E-state index in [2.05, 4.69) is 113 Å². The maximum Gasteiger partial charge on any atom is 0.0210 e. The zero-order valence-electron chi connectivity index (χ0n) is 17.2. The van der Waals surface area contributed by atoms with Crippen LogP contribution >= 0.6 is 0 Å². The summed E-state index contributed by atoms with van der Waals surface area (Å²) in [6.45, 7) is 14.9. The minimum absolute atomic E-state index is 0.146. The van der Waals surface area contributed by atoms with E-state index in [-0.39, 0.29) is 11.1 Å². The highest BCUT2D eigenvalue weighted by atomic mass is 14.9. The SMILES string of the molecule is CC(C)(C)NCc1ccc(/C=C/c2ccc(CNC(C)(C)C)cc2)cc1. The molecule has 0 saturated heterocycles. The quantitative estimate of drug-likeness (QED) is 0.659. The first-order chi connectivity index (χ1) is 12.1. The molecule has 0 unspecified atom stereocenters. The largest absolute Gasteiger partial charge is 0.308 e. The zero-order valence-corrected chi connectivity index (χ0v) is 17.2. The molecule has 2 heteroatoms. The Morgan fingerprint density at radius 1 is 0.577 bits per heavy atom. The lowest BCUT2D eigenvalue weighted by atomic mass is 10.1. The average molecular weight is 351 g/mol. The fourth-order valence-corrected chi connectivity index (χ4v) is 2.42. The van der Waals surface area contributed by atoms with E-state index in [1.54, 1.807) is 0 Å². The molecule has 2 aromatic rings. The molecule has 0 bridgehead atoms. The maximum atomic E-state index is 3.52. The van der Waals surface area contributed by atoms with Crippen molar-refractivity contribution in [3.63, 3.8) is 0 Å². The lowest BCUT2D eigenvalue weighted by Gasteiger charge is -2.20. The molecule has 2 N–H and O–H groups in total. The molecule has 0 amide bonds. The second-order valence-electron chi connectivity index (χ2n) is 9.02. The third-order valence-electron chi connectivity index (χ3n) is 4.07. The van der Waals surface area contributed by atoms with Gasteiger partial charge in [0.15, 0.2) is 0 Å². The molecule has 2 aromatic carbocycles. The summed E-state index contributed by atoms with van der Waals surface area (Å²) in [7, 11) is 0. The van der Waals surface area contributed by atoms with Crippen LogP contribution in [0.25, 0.3) is 12.2 Å². The van der Waals surface area contributed by atoms with Crippen molar-refractivity contribution in [1.29, 1.82) is 0 Å². The van der Waals surface area contributed by atoms with Gasteiger partial charge in [0.2, 0.25) is 0 Å². The zero-order chi connectivity index (χ0) is 19.2. The molecule has 0 aliphatic carbocycles. The molecular formula is C24H34N2. The van der Waals surface area contributed by atoms with Gasteiger partial charge < -0.3 is 10.6 Å². The minimum atomic E-state index is 0.146. The molecule has 0 aliphatic heterocycles. The summed E-state index contributed by atoms with van der Waals surface area (Å²) >= 11 is 0. The smallest absolute Gasteiger partial charge is 0.0210 e. The van der Waals surface area contributed by atoms with Crippen molar-refractivity contribution >= 4 is 12.2 Å². The molecule has 0 radical (unpaired) electrons. The van der Waals surface area contributed by atoms with E-state index in [9.17, 15) is 0 Å². The minimum Gasteiger partial charge on any atom is -0.308 e. The summed E-state index contributed by atoms with van der Waals surface area (Å²) in [4.78, 5) is 0. The normalized spacial score (nSPS) is 12.7. The molecule has 2 rings (SSSR count). The van der Waals surface area contributed by atoms with Gasteiger partial charge in [-0.1, -0.05) is 60.7 Å². The molecule has 0 aromatic heterocycles. The monoisotopic (exact) mass is 350 g/mol. The topological polar surface area (TPSA) is 24.1 Å². The Bertz CT molecular complexity index is 632. The predicted octanol–water partition coefficient (Wildman–Crippen LogP) is 5.63. The van der Waals surface area contributed by atoms with E-state index >= 15 is 0 Å². The Kier molecular flexibility index (Phi) is 6.80. The van der Waals surface area contributed by atoms with Crippen molar-refractivity contribution < 1.29 is 0 Å². The van der Waals surface area contributed by atoms with Crippen molar-refractivity contribution in [2.75, 3.05) is 0 Å². The Hall–Kier alpha value is -1.90. The van der Waals surface area contributed by atoms with Crippen LogP contribution in [-0.4, -0.2) is 11.1 Å². The highest BCUT2D eigenvalue weighted by Crippen LogP contribution is 2.12. The number of benzene rings is 2. The molecule has 0 atom stereocenters. The van der Waals surface area contributed by atoms with Crippen molar-refractivity contribution in [3.8, 4) is 0 Å². The van der Waals surface area contributed by atoms with Crippen LogP contribution in [0.5, 0.6) is 0 Å². The molecule has 140 valence electrons. The Morgan fingerprint density at radius 2 is 0.885 bits per heavy atom. The van der Waals surface area contributed by atoms with Crippen LogP contribution < -0.4 is 10.6 Å². The fraction of sp³-hybridized carbons (Fsp3) is 0.417. The summed E-state index contributed by atoms with van der Waals surface area (Å²) in [5.41, 5.74) is 5.37. The van der Waals surface area contributed by atoms with Crippen molar-refractivity contribution in [2.45, 2.75) is 65.7 Å². The number of rotatable bonds is 6. The number of hydrogen-bond donors (Lipinski definition) is 2. The van der Waals surface area contributed by atoms with Gasteiger partial charge in [-0.3, -0.25) is 0 Å². The van der Waals surface area contributed by atoms with E-state index in [0.29, 0.717) is 0 Å². The summed E-state index contributed by atoms with van der Waals surface area (Å²) in [5.74, 6) is 0. The van der Waals surface area contributed by atoms with E-state index in [0.717, 1.165) is 13.1 Å². The highest BCUT2D eigenvalue weighted by Gasteiger charge is 2.08. The van der Waals surface area contributed by atoms with Gasteiger partial charge in [0.1, 0.15) is 0 Å². The van der Waals surface area contributed by atoms with Gasteiger partial charge in [-0.2, -0.15) is 0 Å². The van der Waals surface area contributed by atoms with Gasteiger partial charge in [0, 0.05) is 24.2 Å². The molecule has 0 saturated carbocycles. The Balaban J connectivity index is 1.90. The van der Waals surface area contributed by atoms with Crippen molar-refractivity contribution in [1.82, 2.24) is 10.6 Å². The van der Waals surface area contributed by atoms with Gasteiger partial charge in [0.05, 0.1) is 0 Å². The summed E-state index contributed by atoms with van der Waals surface area (Å²) in [6.07, 6.45) is 4.34. The molecular weight excluding hydrogens is 316 g/mol. The third kappa shape index (κ3) is 7.99. The van der Waals surface area contributed by atoms with Crippen LogP contribution in [0.1, 0.15) is 63.8 Å². The van der Waals surface area contributed by atoms with Crippen LogP contribution in [-0.2, 0) is 13.1 Å². The van der Waals surface area contributed by atoms with Gasteiger partial charge in [-0.25, -0.2) is 0 Å². The van der Waals surface area contributed by atoms with Crippen molar-refractivity contribution in [2.24, 2.45) is 0 Å². The molecule has 26 heavy (non-hydrogen) atoms. The first kappa shape index (κ1) is 20.4. The highest BCUT2D eigenvalue weighted by molar-refractivity contribution is 5.69. The van der Waals surface area contributed by atoms with E-state index in [4.69, 9.17) is 0 Å². The first-order valence-electron chi connectivity index (χ1n) is 9.47. The molecule has 0 fully saturated rings. The fourth-order valence-electron chi connectivity index (χ4n) is 2.42. The van der Waals surface area contributed by atoms with Crippen LogP contribution in [0, 0.1) is 0 Å². The number of hydrogen-bond acceptors (Lipinski definition) is 2. The molecule has 0 aliphatic rings. The van der Waals surface area contributed by atoms with Gasteiger partial charge in [-0.05, 0) is 63.8 Å². The van der Waals surface area contributed by atoms with E-state index in [1.165, 1.54) is 22.3 Å². The Labute approximate surface area is 159 Å². The summed E-state index contributed by atoms with van der Waals surface area (Å²) < 4.78 is 0. The third-order valence-corrected chi connectivity index (χ3v) is 4.07. The van der Waals surface area contributed by atoms with E-state index in [1.807, 2.05) is 0 Å².